The molecule has 9 heteroatoms. The average molecular weight is 540 g/mol. The van der Waals surface area contributed by atoms with E-state index in [2.05, 4.69) is 63.5 Å². The first-order valence-electron chi connectivity index (χ1n) is 9.68. The number of nitrogens with one attached hydrogen (secondary N) is 2. The van der Waals surface area contributed by atoms with Crippen LogP contribution >= 0.6 is 35.3 Å². The maximum atomic E-state index is 5.79. The molecule has 0 spiro atoms. The van der Waals surface area contributed by atoms with Gasteiger partial charge in [-0.25, -0.2) is 4.99 Å². The number of ether oxygens (including phenoxy) is 1. The van der Waals surface area contributed by atoms with Crippen LogP contribution in [-0.4, -0.2) is 27.3 Å². The molecule has 3 rings (SSSR count). The van der Waals surface area contributed by atoms with E-state index in [0.717, 1.165) is 28.9 Å². The molecule has 30 heavy (non-hydrogen) atoms. The Hall–Kier alpha value is -2.14. The molecule has 162 valence electrons. The number of aromatic nitrogens is 3. The summed E-state index contributed by atoms with van der Waals surface area (Å²) in [4.78, 5) is 6.03. The van der Waals surface area contributed by atoms with E-state index in [1.54, 1.807) is 11.3 Å². The Balaban J connectivity index is 0.00000320. The molecule has 0 radical (unpaired) electrons. The molecule has 2 N–H and O–H groups in total. The van der Waals surface area contributed by atoms with Crippen LogP contribution in [0, 0.1) is 13.8 Å². The third kappa shape index (κ3) is 6.69. The van der Waals surface area contributed by atoms with Crippen LogP contribution in [0.4, 0.5) is 0 Å². The minimum absolute atomic E-state index is 0. The quantitative estimate of drug-likeness (QED) is 0.257. The van der Waals surface area contributed by atoms with E-state index in [1.165, 1.54) is 10.4 Å². The van der Waals surface area contributed by atoms with Crippen LogP contribution in [0.1, 0.15) is 34.6 Å². The van der Waals surface area contributed by atoms with Crippen molar-refractivity contribution in [1.29, 1.82) is 0 Å². The van der Waals surface area contributed by atoms with Crippen LogP contribution < -0.4 is 15.4 Å². The predicted molar refractivity (Wildman–Crippen MR) is 133 cm³/mol. The molecule has 2 heterocycles. The van der Waals surface area contributed by atoms with Crippen molar-refractivity contribution in [3.8, 4) is 5.75 Å². The number of aliphatic imine (C=N–C) groups is 1. The van der Waals surface area contributed by atoms with Gasteiger partial charge in [-0.15, -0.1) is 45.5 Å². The van der Waals surface area contributed by atoms with Crippen molar-refractivity contribution in [2.24, 2.45) is 12.0 Å². The van der Waals surface area contributed by atoms with Crippen LogP contribution in [0.25, 0.3) is 0 Å². The van der Waals surface area contributed by atoms with Crippen molar-refractivity contribution in [2.75, 3.05) is 6.61 Å². The van der Waals surface area contributed by atoms with Crippen LogP contribution in [0.2, 0.25) is 0 Å². The molecule has 0 saturated carbocycles. The molecule has 0 aliphatic heterocycles. The topological polar surface area (TPSA) is 76.4 Å². The summed E-state index contributed by atoms with van der Waals surface area (Å²) in [7, 11) is 1.96. The molecule has 0 aliphatic carbocycles. The molecule has 0 unspecified atom stereocenters. The first kappa shape index (κ1) is 24.1. The van der Waals surface area contributed by atoms with E-state index in [1.807, 2.05) is 25.5 Å². The summed E-state index contributed by atoms with van der Waals surface area (Å²) in [6.45, 7) is 8.41. The van der Waals surface area contributed by atoms with E-state index in [0.29, 0.717) is 26.2 Å². The zero-order chi connectivity index (χ0) is 20.6. The summed E-state index contributed by atoms with van der Waals surface area (Å²) in [5, 5.41) is 17.2. The van der Waals surface area contributed by atoms with Crippen molar-refractivity contribution < 1.29 is 4.74 Å². The van der Waals surface area contributed by atoms with Crippen LogP contribution in [0.15, 0.2) is 40.7 Å². The summed E-state index contributed by atoms with van der Waals surface area (Å²) >= 11 is 1.72. The first-order valence-corrected chi connectivity index (χ1v) is 10.6. The number of benzene rings is 1. The van der Waals surface area contributed by atoms with Crippen molar-refractivity contribution in [1.82, 2.24) is 25.4 Å². The zero-order valence-electron chi connectivity index (χ0n) is 17.8. The largest absolute Gasteiger partial charge is 0.494 e. The summed E-state index contributed by atoms with van der Waals surface area (Å²) in [5.41, 5.74) is 2.23. The van der Waals surface area contributed by atoms with Gasteiger partial charge in [-0.05, 0) is 43.8 Å². The highest BCUT2D eigenvalue weighted by atomic mass is 127. The number of aryl methyl sites for hydroxylation is 2. The van der Waals surface area contributed by atoms with Gasteiger partial charge in [-0.3, -0.25) is 0 Å². The van der Waals surface area contributed by atoms with Crippen molar-refractivity contribution in [3.05, 3.63) is 63.4 Å². The van der Waals surface area contributed by atoms with E-state index < -0.39 is 0 Å². The zero-order valence-corrected chi connectivity index (χ0v) is 21.0. The molecule has 0 amide bonds. The van der Waals surface area contributed by atoms with Crippen molar-refractivity contribution >= 4 is 41.3 Å². The maximum absolute atomic E-state index is 5.79. The van der Waals surface area contributed by atoms with Crippen LogP contribution in [0.5, 0.6) is 5.75 Å². The standard InChI is InChI=1S/C21H28N6OS.HI/c1-5-28-19-11-15(2)8-9-17(19)12-22-21(23-13-18-7-6-10-29-18)24-14-20-26-25-16(3)27(20)4;/h6-11H,5,12-14H2,1-4H3,(H2,22,23,24);1H. The second kappa shape index (κ2) is 11.9. The third-order valence-electron chi connectivity index (χ3n) is 4.54. The number of hydrogen-bond acceptors (Lipinski definition) is 5. The van der Waals surface area contributed by atoms with E-state index in [-0.39, 0.29) is 24.0 Å². The Labute approximate surface area is 199 Å². The highest BCUT2D eigenvalue weighted by molar-refractivity contribution is 14.0. The molecule has 0 fully saturated rings. The first-order chi connectivity index (χ1) is 14.1. The SMILES string of the molecule is CCOc1cc(C)ccc1CN=C(NCc1cccs1)NCc1nnc(C)n1C.I. The smallest absolute Gasteiger partial charge is 0.192 e. The average Bonchev–Trinajstić information content (AvgIpc) is 3.34. The van der Waals surface area contributed by atoms with Crippen molar-refractivity contribution in [3.63, 3.8) is 0 Å². The van der Waals surface area contributed by atoms with Crippen LogP contribution in [0.3, 0.4) is 0 Å². The molecule has 0 bridgehead atoms. The predicted octanol–water partition coefficient (Wildman–Crippen LogP) is 3.95. The lowest BCUT2D eigenvalue weighted by Crippen LogP contribution is -2.37. The summed E-state index contributed by atoms with van der Waals surface area (Å²) in [5.74, 6) is 3.35. The fourth-order valence-electron chi connectivity index (χ4n) is 2.77. The minimum Gasteiger partial charge on any atom is -0.494 e. The van der Waals surface area contributed by atoms with Crippen molar-refractivity contribution in [2.45, 2.75) is 40.4 Å². The molecule has 1 aromatic carbocycles. The Morgan fingerprint density at radius 2 is 1.97 bits per heavy atom. The van der Waals surface area contributed by atoms with E-state index in [9.17, 15) is 0 Å². The number of halogens is 1. The Bertz CT molecular complexity index is 955. The summed E-state index contributed by atoms with van der Waals surface area (Å²) in [6, 6.07) is 10.4. The van der Waals surface area contributed by atoms with Gasteiger partial charge in [0.1, 0.15) is 11.6 Å². The van der Waals surface area contributed by atoms with Gasteiger partial charge in [0.15, 0.2) is 11.8 Å². The fourth-order valence-corrected chi connectivity index (χ4v) is 3.42. The molecular formula is C21H29IN6OS. The van der Waals surface area contributed by atoms with Gasteiger partial charge < -0.3 is 19.9 Å². The monoisotopic (exact) mass is 540 g/mol. The van der Waals surface area contributed by atoms with Gasteiger partial charge >= 0.3 is 0 Å². The molecule has 0 saturated heterocycles. The highest BCUT2D eigenvalue weighted by Crippen LogP contribution is 2.21. The van der Waals surface area contributed by atoms with Gasteiger partial charge in [-0.2, -0.15) is 0 Å². The second-order valence-electron chi connectivity index (χ2n) is 6.72. The van der Waals surface area contributed by atoms with Gasteiger partial charge in [0.2, 0.25) is 0 Å². The lowest BCUT2D eigenvalue weighted by Gasteiger charge is -2.13. The van der Waals surface area contributed by atoms with E-state index in [4.69, 9.17) is 9.73 Å². The molecular weight excluding hydrogens is 511 g/mol. The maximum Gasteiger partial charge on any atom is 0.192 e. The Morgan fingerprint density at radius 1 is 1.17 bits per heavy atom. The lowest BCUT2D eigenvalue weighted by molar-refractivity contribution is 0.336. The normalized spacial score (nSPS) is 11.1. The number of guanidine groups is 1. The van der Waals surface area contributed by atoms with Gasteiger partial charge in [0.05, 0.1) is 26.2 Å². The molecule has 2 aromatic heterocycles. The number of rotatable bonds is 8. The summed E-state index contributed by atoms with van der Waals surface area (Å²) < 4.78 is 7.76. The van der Waals surface area contributed by atoms with Gasteiger partial charge in [0.25, 0.3) is 0 Å². The summed E-state index contributed by atoms with van der Waals surface area (Å²) in [6.07, 6.45) is 0. The minimum atomic E-state index is 0. The van der Waals surface area contributed by atoms with Gasteiger partial charge in [0, 0.05) is 17.5 Å². The molecule has 0 atom stereocenters. The number of hydrogen-bond donors (Lipinski definition) is 2. The molecule has 0 aliphatic rings. The molecule has 7 nitrogen and oxygen atoms in total. The second-order valence-corrected chi connectivity index (χ2v) is 7.75. The Morgan fingerprint density at radius 3 is 2.63 bits per heavy atom. The number of thiophene rings is 1. The number of nitrogens with zero attached hydrogens (tertiary/aromatic N) is 4. The van der Waals surface area contributed by atoms with Crippen LogP contribution in [-0.2, 0) is 26.7 Å². The Kier molecular flexibility index (Phi) is 9.57. The fraction of sp³-hybridized carbons (Fsp3) is 0.381. The lowest BCUT2D eigenvalue weighted by atomic mass is 10.1. The third-order valence-corrected chi connectivity index (χ3v) is 5.41. The highest BCUT2D eigenvalue weighted by Gasteiger charge is 2.08. The molecule has 3 aromatic rings. The van der Waals surface area contributed by atoms with E-state index >= 15 is 0 Å². The van der Waals surface area contributed by atoms with Gasteiger partial charge in [-0.1, -0.05) is 18.2 Å².